The first-order chi connectivity index (χ1) is 12.1. The molecule has 1 heterocycles. The van der Waals surface area contributed by atoms with Crippen molar-refractivity contribution in [1.82, 2.24) is 4.57 Å². The summed E-state index contributed by atoms with van der Waals surface area (Å²) in [6.07, 6.45) is 0. The second kappa shape index (κ2) is 7.05. The maximum absolute atomic E-state index is 13.2. The summed E-state index contributed by atoms with van der Waals surface area (Å²) in [7, 11) is 1.40. The molecule has 0 saturated carbocycles. The first-order valence-corrected chi connectivity index (χ1v) is 7.81. The topological polar surface area (TPSA) is 63.8 Å². The van der Waals surface area contributed by atoms with Crippen molar-refractivity contribution in [1.29, 1.82) is 0 Å². The van der Waals surface area contributed by atoms with Crippen LogP contribution in [0.5, 0.6) is 5.75 Å². The number of nitrogens with zero attached hydrogens (tertiary/aromatic N) is 2. The fraction of sp³-hybridized carbons (Fsp3) is 0.100. The molecule has 1 N–H and O–H groups in total. The van der Waals surface area contributed by atoms with Crippen LogP contribution in [0.15, 0.2) is 76.7 Å². The number of aromatic hydroxyl groups is 1. The van der Waals surface area contributed by atoms with Gasteiger partial charge in [0.15, 0.2) is 0 Å². The second-order valence-electron chi connectivity index (χ2n) is 5.49. The summed E-state index contributed by atoms with van der Waals surface area (Å²) in [5, 5.41) is 14.2. The number of hydrogen-bond acceptors (Lipinski definition) is 4. The third-order valence-corrected chi connectivity index (χ3v) is 3.86. The average molecular weight is 334 g/mol. The van der Waals surface area contributed by atoms with Crippen LogP contribution in [0.2, 0.25) is 0 Å². The Labute approximate surface area is 145 Å². The van der Waals surface area contributed by atoms with E-state index in [1.54, 1.807) is 17.6 Å². The number of hydrogen-bond donors (Lipinski definition) is 1. The summed E-state index contributed by atoms with van der Waals surface area (Å²) in [6.45, 7) is 1.62. The van der Waals surface area contributed by atoms with Crippen molar-refractivity contribution in [3.8, 4) is 22.7 Å². The molecular formula is C20H18N2O3. The maximum atomic E-state index is 13.2. The quantitative estimate of drug-likeness (QED) is 0.586. The summed E-state index contributed by atoms with van der Waals surface area (Å²) in [6, 6.07) is 20.3. The van der Waals surface area contributed by atoms with E-state index in [-0.39, 0.29) is 16.9 Å². The van der Waals surface area contributed by atoms with Crippen molar-refractivity contribution < 1.29 is 9.94 Å². The molecule has 2 aromatic carbocycles. The molecule has 0 fully saturated rings. The molecule has 5 heteroatoms. The largest absolute Gasteiger partial charge is 0.507 e. The summed E-state index contributed by atoms with van der Waals surface area (Å²) in [4.78, 5) is 17.9. The van der Waals surface area contributed by atoms with Gasteiger partial charge in [-0.05, 0) is 24.6 Å². The molecule has 25 heavy (non-hydrogen) atoms. The van der Waals surface area contributed by atoms with Gasteiger partial charge in [0, 0.05) is 11.8 Å². The number of aromatic nitrogens is 1. The van der Waals surface area contributed by atoms with Crippen LogP contribution in [0.25, 0.3) is 16.9 Å². The molecule has 1 aromatic heterocycles. The second-order valence-corrected chi connectivity index (χ2v) is 5.49. The lowest BCUT2D eigenvalue weighted by molar-refractivity contribution is 0.213. The van der Waals surface area contributed by atoms with Crippen LogP contribution in [-0.4, -0.2) is 22.5 Å². The Morgan fingerprint density at radius 3 is 2.24 bits per heavy atom. The van der Waals surface area contributed by atoms with E-state index in [9.17, 15) is 9.90 Å². The molecule has 3 aromatic rings. The molecule has 0 spiro atoms. The Hall–Kier alpha value is -3.34. The molecular weight excluding hydrogens is 316 g/mol. The molecule has 5 nitrogen and oxygen atoms in total. The maximum Gasteiger partial charge on any atom is 0.268 e. The molecule has 0 bridgehead atoms. The van der Waals surface area contributed by atoms with Crippen LogP contribution in [0, 0.1) is 0 Å². The molecule has 0 atom stereocenters. The summed E-state index contributed by atoms with van der Waals surface area (Å²) < 4.78 is 1.57. The van der Waals surface area contributed by atoms with Crippen molar-refractivity contribution >= 4 is 5.71 Å². The van der Waals surface area contributed by atoms with Crippen molar-refractivity contribution in [2.45, 2.75) is 6.92 Å². The Morgan fingerprint density at radius 1 is 1.04 bits per heavy atom. The fourth-order valence-electron chi connectivity index (χ4n) is 2.77. The zero-order valence-corrected chi connectivity index (χ0v) is 14.0. The van der Waals surface area contributed by atoms with Crippen molar-refractivity contribution in [2.75, 3.05) is 7.11 Å². The number of benzene rings is 2. The van der Waals surface area contributed by atoms with Crippen molar-refractivity contribution in [3.63, 3.8) is 0 Å². The van der Waals surface area contributed by atoms with E-state index in [0.29, 0.717) is 17.1 Å². The minimum Gasteiger partial charge on any atom is -0.507 e. The Bertz CT molecular complexity index is 961. The van der Waals surface area contributed by atoms with E-state index in [1.807, 2.05) is 60.7 Å². The van der Waals surface area contributed by atoms with E-state index >= 15 is 0 Å². The highest BCUT2D eigenvalue weighted by Crippen LogP contribution is 2.27. The van der Waals surface area contributed by atoms with Crippen LogP contribution in [0.4, 0.5) is 0 Å². The molecule has 0 saturated heterocycles. The molecule has 0 amide bonds. The van der Waals surface area contributed by atoms with Gasteiger partial charge in [0.25, 0.3) is 5.56 Å². The Balaban J connectivity index is 2.38. The van der Waals surface area contributed by atoms with Crippen LogP contribution in [0.3, 0.4) is 0 Å². The number of para-hydroxylation sites is 1. The van der Waals surface area contributed by atoms with Gasteiger partial charge in [0.2, 0.25) is 0 Å². The predicted molar refractivity (Wildman–Crippen MR) is 98.4 cm³/mol. The third-order valence-electron chi connectivity index (χ3n) is 3.86. The Morgan fingerprint density at radius 2 is 1.64 bits per heavy atom. The third kappa shape index (κ3) is 3.17. The summed E-state index contributed by atoms with van der Waals surface area (Å²) in [5.41, 5.74) is 2.20. The number of rotatable bonds is 4. The summed E-state index contributed by atoms with van der Waals surface area (Å²) >= 11 is 0. The first kappa shape index (κ1) is 16.5. The lowest BCUT2D eigenvalue weighted by Crippen LogP contribution is -2.26. The van der Waals surface area contributed by atoms with Gasteiger partial charge >= 0.3 is 0 Å². The van der Waals surface area contributed by atoms with Gasteiger partial charge in [0.1, 0.15) is 18.4 Å². The van der Waals surface area contributed by atoms with Crippen molar-refractivity contribution in [3.05, 3.63) is 82.6 Å². The fourth-order valence-corrected chi connectivity index (χ4v) is 2.77. The average Bonchev–Trinajstić information content (AvgIpc) is 2.63. The van der Waals surface area contributed by atoms with E-state index in [0.717, 1.165) is 5.56 Å². The normalized spacial score (nSPS) is 11.4. The smallest absolute Gasteiger partial charge is 0.268 e. The van der Waals surface area contributed by atoms with Crippen LogP contribution in [0.1, 0.15) is 12.5 Å². The highest BCUT2D eigenvalue weighted by Gasteiger charge is 2.19. The summed E-state index contributed by atoms with van der Waals surface area (Å²) in [5.74, 6) is -0.130. The van der Waals surface area contributed by atoms with Gasteiger partial charge < -0.3 is 9.94 Å². The lowest BCUT2D eigenvalue weighted by Gasteiger charge is -2.16. The first-order valence-electron chi connectivity index (χ1n) is 7.81. The minimum atomic E-state index is -0.358. The predicted octanol–water partition coefficient (Wildman–Crippen LogP) is 3.58. The van der Waals surface area contributed by atoms with Gasteiger partial charge in [-0.3, -0.25) is 9.36 Å². The van der Waals surface area contributed by atoms with E-state index < -0.39 is 0 Å². The zero-order chi connectivity index (χ0) is 17.8. The van der Waals surface area contributed by atoms with Gasteiger partial charge in [-0.2, -0.15) is 0 Å². The zero-order valence-electron chi connectivity index (χ0n) is 14.0. The highest BCUT2D eigenvalue weighted by molar-refractivity contribution is 6.00. The van der Waals surface area contributed by atoms with Gasteiger partial charge in [0.05, 0.1) is 11.4 Å². The molecule has 126 valence electrons. The monoisotopic (exact) mass is 334 g/mol. The highest BCUT2D eigenvalue weighted by atomic mass is 16.6. The minimum absolute atomic E-state index is 0.116. The number of oxime groups is 1. The van der Waals surface area contributed by atoms with Crippen molar-refractivity contribution in [2.24, 2.45) is 5.16 Å². The van der Waals surface area contributed by atoms with Gasteiger partial charge in [-0.1, -0.05) is 53.7 Å². The SMILES string of the molecule is CON=C(C)c1c(O)cc(-c2ccccc2)n(-c2ccccc2)c1=O. The molecule has 0 aliphatic carbocycles. The van der Waals surface area contributed by atoms with E-state index in [4.69, 9.17) is 4.84 Å². The Kier molecular flexibility index (Phi) is 4.66. The van der Waals surface area contributed by atoms with Gasteiger partial charge in [-0.15, -0.1) is 0 Å². The van der Waals surface area contributed by atoms with E-state index in [2.05, 4.69) is 5.16 Å². The van der Waals surface area contributed by atoms with Crippen LogP contribution in [-0.2, 0) is 4.84 Å². The number of pyridine rings is 1. The molecule has 0 radical (unpaired) electrons. The lowest BCUT2D eigenvalue weighted by atomic mass is 10.1. The van der Waals surface area contributed by atoms with E-state index in [1.165, 1.54) is 7.11 Å². The van der Waals surface area contributed by atoms with Gasteiger partial charge in [-0.25, -0.2) is 0 Å². The van der Waals surface area contributed by atoms with Crippen LogP contribution < -0.4 is 5.56 Å². The van der Waals surface area contributed by atoms with Crippen LogP contribution >= 0.6 is 0 Å². The molecule has 0 unspecified atom stereocenters. The molecule has 0 aliphatic rings. The molecule has 3 rings (SSSR count). The standard InChI is InChI=1S/C20H18N2O3/c1-14(21-25-2)19-18(23)13-17(15-9-5-3-6-10-15)22(20(19)24)16-11-7-4-8-12-16/h3-13,23H,1-2H3. The molecule has 0 aliphatic heterocycles.